The van der Waals surface area contributed by atoms with Gasteiger partial charge in [0.1, 0.15) is 0 Å². The van der Waals surface area contributed by atoms with Crippen LogP contribution in [-0.4, -0.2) is 45.7 Å². The molecule has 112 valence electrons. The molecule has 0 radical (unpaired) electrons. The van der Waals surface area contributed by atoms with Gasteiger partial charge in [-0.15, -0.1) is 11.6 Å². The smallest absolute Gasteiger partial charge is 0.229 e. The van der Waals surface area contributed by atoms with Gasteiger partial charge < -0.3 is 0 Å². The van der Waals surface area contributed by atoms with Crippen LogP contribution in [0.3, 0.4) is 0 Å². The first kappa shape index (κ1) is 15.8. The number of hydrogen-bond acceptors (Lipinski definition) is 4. The first-order valence-corrected chi connectivity index (χ1v) is 9.89. The van der Waals surface area contributed by atoms with Gasteiger partial charge in [0.15, 0.2) is 9.84 Å². The lowest BCUT2D eigenvalue weighted by molar-refractivity contribution is 0.394. The largest absolute Gasteiger partial charge is 0.243 e. The van der Waals surface area contributed by atoms with Gasteiger partial charge in [-0.3, -0.25) is 0 Å². The minimum absolute atomic E-state index is 0.0409. The molecule has 1 unspecified atom stereocenters. The first-order valence-electron chi connectivity index (χ1n) is 6.09. The molecule has 5 nitrogen and oxygen atoms in total. The highest BCUT2D eigenvalue weighted by atomic mass is 35.5. The highest BCUT2D eigenvalue weighted by Gasteiger charge is 2.36. The van der Waals surface area contributed by atoms with Crippen LogP contribution in [0.15, 0.2) is 29.2 Å². The third kappa shape index (κ3) is 3.16. The molecule has 1 aliphatic rings. The van der Waals surface area contributed by atoms with Crippen molar-refractivity contribution in [2.24, 2.45) is 0 Å². The van der Waals surface area contributed by atoms with E-state index in [2.05, 4.69) is 0 Å². The molecule has 8 heteroatoms. The highest BCUT2D eigenvalue weighted by molar-refractivity contribution is 7.92. The molecule has 0 N–H and O–H groups in total. The van der Waals surface area contributed by atoms with E-state index < -0.39 is 25.9 Å². The number of rotatable bonds is 4. The summed E-state index contributed by atoms with van der Waals surface area (Å²) in [6, 6.07) is 5.88. The van der Waals surface area contributed by atoms with Gasteiger partial charge in [-0.1, -0.05) is 12.1 Å². The summed E-state index contributed by atoms with van der Waals surface area (Å²) in [7, 11) is -5.39. The second kappa shape index (κ2) is 5.63. The van der Waals surface area contributed by atoms with Crippen molar-refractivity contribution in [1.82, 2.24) is 4.31 Å². The van der Waals surface area contributed by atoms with Crippen LogP contribution in [0.4, 0.5) is 0 Å². The Hall–Kier alpha value is -0.630. The molecule has 0 saturated carbocycles. The van der Waals surface area contributed by atoms with Crippen LogP contribution in [-0.2, 0) is 25.7 Å². The second-order valence-electron chi connectivity index (χ2n) is 4.86. The Bertz CT molecular complexity index is 700. The van der Waals surface area contributed by atoms with Gasteiger partial charge in [-0.05, 0) is 24.1 Å². The molecule has 1 saturated heterocycles. The molecule has 1 aliphatic heterocycles. The van der Waals surface area contributed by atoms with Crippen molar-refractivity contribution in [3.63, 3.8) is 0 Å². The highest BCUT2D eigenvalue weighted by Crippen LogP contribution is 2.24. The van der Waals surface area contributed by atoms with E-state index in [-0.39, 0.29) is 22.3 Å². The summed E-state index contributed by atoms with van der Waals surface area (Å²) in [6.45, 7) is 0. The van der Waals surface area contributed by atoms with Crippen LogP contribution < -0.4 is 0 Å². The van der Waals surface area contributed by atoms with Crippen molar-refractivity contribution in [2.45, 2.75) is 23.2 Å². The lowest BCUT2D eigenvalue weighted by Crippen LogP contribution is -2.37. The van der Waals surface area contributed by atoms with Gasteiger partial charge in [-0.2, -0.15) is 4.31 Å². The average Bonchev–Trinajstić information content (AvgIpc) is 2.78. The van der Waals surface area contributed by atoms with Crippen molar-refractivity contribution >= 4 is 31.5 Å². The van der Waals surface area contributed by atoms with Gasteiger partial charge in [0.05, 0.1) is 16.4 Å². The fourth-order valence-corrected chi connectivity index (χ4v) is 5.70. The molecule has 0 bridgehead atoms. The van der Waals surface area contributed by atoms with Crippen molar-refractivity contribution in [1.29, 1.82) is 0 Å². The number of halogens is 1. The van der Waals surface area contributed by atoms with Gasteiger partial charge in [0.2, 0.25) is 10.0 Å². The van der Waals surface area contributed by atoms with Crippen LogP contribution in [0, 0.1) is 0 Å². The van der Waals surface area contributed by atoms with Crippen molar-refractivity contribution in [2.75, 3.05) is 18.6 Å². The summed E-state index contributed by atoms with van der Waals surface area (Å²) in [4.78, 5) is 0.141. The third-order valence-corrected chi connectivity index (χ3v) is 7.42. The molecule has 0 spiro atoms. The van der Waals surface area contributed by atoms with Crippen LogP contribution in [0.5, 0.6) is 0 Å². The van der Waals surface area contributed by atoms with E-state index in [9.17, 15) is 16.8 Å². The minimum atomic E-state index is -3.69. The van der Waals surface area contributed by atoms with Crippen LogP contribution in [0.25, 0.3) is 0 Å². The average molecular weight is 338 g/mol. The van der Waals surface area contributed by atoms with Gasteiger partial charge in [-0.25, -0.2) is 16.8 Å². The summed E-state index contributed by atoms with van der Waals surface area (Å²) in [6.07, 6.45) is 0.341. The van der Waals surface area contributed by atoms with Crippen molar-refractivity contribution < 1.29 is 16.8 Å². The van der Waals surface area contributed by atoms with E-state index in [1.54, 1.807) is 12.1 Å². The van der Waals surface area contributed by atoms with Crippen LogP contribution >= 0.6 is 11.6 Å². The number of sulfonamides is 1. The molecule has 1 atom stereocenters. The zero-order chi connectivity index (χ0) is 15.0. The topological polar surface area (TPSA) is 71.5 Å². The Morgan fingerprint density at radius 2 is 2.10 bits per heavy atom. The van der Waals surface area contributed by atoms with Gasteiger partial charge >= 0.3 is 0 Å². The molecule has 20 heavy (non-hydrogen) atoms. The van der Waals surface area contributed by atoms with E-state index in [1.165, 1.54) is 19.2 Å². The van der Waals surface area contributed by atoms with Gasteiger partial charge in [0, 0.05) is 19.0 Å². The van der Waals surface area contributed by atoms with Gasteiger partial charge in [0.25, 0.3) is 0 Å². The Labute approximate surface area is 124 Å². The minimum Gasteiger partial charge on any atom is -0.229 e. The zero-order valence-corrected chi connectivity index (χ0v) is 13.4. The summed E-state index contributed by atoms with van der Waals surface area (Å²) < 4.78 is 49.1. The van der Waals surface area contributed by atoms with E-state index in [0.717, 1.165) is 4.31 Å². The summed E-state index contributed by atoms with van der Waals surface area (Å²) in [5.74, 6) is 0.155. The SMILES string of the molecule is CN(C1CCS(=O)(=O)C1)S(=O)(=O)c1cccc(CCl)c1. The lowest BCUT2D eigenvalue weighted by Gasteiger charge is -2.23. The van der Waals surface area contributed by atoms with Crippen LogP contribution in [0.2, 0.25) is 0 Å². The quantitative estimate of drug-likeness (QED) is 0.775. The normalized spacial score (nSPS) is 22.2. The maximum absolute atomic E-state index is 12.5. The zero-order valence-electron chi connectivity index (χ0n) is 11.0. The van der Waals surface area contributed by atoms with Crippen LogP contribution in [0.1, 0.15) is 12.0 Å². The van der Waals surface area contributed by atoms with Crippen molar-refractivity contribution in [3.05, 3.63) is 29.8 Å². The van der Waals surface area contributed by atoms with E-state index >= 15 is 0 Å². The predicted molar refractivity (Wildman–Crippen MR) is 78.0 cm³/mol. The lowest BCUT2D eigenvalue weighted by atomic mass is 10.2. The fourth-order valence-electron chi connectivity index (χ4n) is 2.21. The molecule has 0 aromatic heterocycles. The third-order valence-electron chi connectivity index (χ3n) is 3.45. The Morgan fingerprint density at radius 1 is 1.40 bits per heavy atom. The number of alkyl halides is 1. The fraction of sp³-hybridized carbons (Fsp3) is 0.500. The Balaban J connectivity index is 2.30. The number of nitrogens with zero attached hydrogens (tertiary/aromatic N) is 1. The summed E-state index contributed by atoms with van der Waals surface area (Å²) >= 11 is 5.71. The molecular formula is C12H16ClNO4S2. The molecule has 1 aromatic carbocycles. The maximum Gasteiger partial charge on any atom is 0.243 e. The van der Waals surface area contributed by atoms with E-state index in [4.69, 9.17) is 11.6 Å². The molecule has 2 rings (SSSR count). The Morgan fingerprint density at radius 3 is 2.65 bits per heavy atom. The maximum atomic E-state index is 12.5. The monoisotopic (exact) mass is 337 g/mol. The molecule has 1 fully saturated rings. The summed E-state index contributed by atoms with van der Waals surface area (Å²) in [5.41, 5.74) is 0.709. The molecule has 1 aromatic rings. The molecule has 0 aliphatic carbocycles. The molecular weight excluding hydrogens is 322 g/mol. The van der Waals surface area contributed by atoms with Crippen molar-refractivity contribution in [3.8, 4) is 0 Å². The first-order chi connectivity index (χ1) is 9.26. The Kier molecular flexibility index (Phi) is 4.44. The molecule has 1 heterocycles. The number of benzene rings is 1. The molecule has 0 amide bonds. The number of hydrogen-bond donors (Lipinski definition) is 0. The second-order valence-corrected chi connectivity index (χ2v) is 9.35. The van der Waals surface area contributed by atoms with E-state index in [0.29, 0.717) is 12.0 Å². The number of sulfone groups is 1. The predicted octanol–water partition coefficient (Wildman–Crippen LogP) is 1.23. The van der Waals surface area contributed by atoms with E-state index in [1.807, 2.05) is 0 Å². The summed E-state index contributed by atoms with van der Waals surface area (Å²) in [5, 5.41) is 0. The standard InChI is InChI=1S/C12H16ClNO4S2/c1-14(11-5-6-19(15,16)9-11)20(17,18)12-4-2-3-10(7-12)8-13/h2-4,7,11H,5-6,8-9H2,1H3.